The number of hydrogen-bond donors (Lipinski definition) is 2. The molecule has 0 aromatic rings. The highest BCUT2D eigenvalue weighted by atomic mass is 16.5. The summed E-state index contributed by atoms with van der Waals surface area (Å²) in [6.45, 7) is 12.1. The van der Waals surface area contributed by atoms with Crippen LogP contribution in [0.1, 0.15) is 40.5 Å². The molecule has 5 nitrogen and oxygen atoms in total. The minimum absolute atomic E-state index is 0.0710. The normalized spacial score (nSPS) is 35.6. The number of nitrogens with zero attached hydrogens (tertiary/aromatic N) is 2. The van der Waals surface area contributed by atoms with Crippen molar-refractivity contribution in [3.63, 3.8) is 0 Å². The highest BCUT2D eigenvalue weighted by molar-refractivity contribution is 5.03. The summed E-state index contributed by atoms with van der Waals surface area (Å²) in [6.07, 6.45) is 2.26. The zero-order valence-electron chi connectivity index (χ0n) is 14.6. The van der Waals surface area contributed by atoms with Crippen LogP contribution < -0.4 is 11.3 Å². The van der Waals surface area contributed by atoms with Gasteiger partial charge in [0.2, 0.25) is 0 Å². The third-order valence-corrected chi connectivity index (χ3v) is 5.30. The maximum atomic E-state index is 6.29. The van der Waals surface area contributed by atoms with Gasteiger partial charge in [-0.3, -0.25) is 11.3 Å². The van der Waals surface area contributed by atoms with Crippen molar-refractivity contribution in [2.75, 3.05) is 33.7 Å². The van der Waals surface area contributed by atoms with Crippen molar-refractivity contribution in [3.05, 3.63) is 0 Å². The van der Waals surface area contributed by atoms with Crippen LogP contribution in [0.25, 0.3) is 0 Å². The Kier molecular flexibility index (Phi) is 5.01. The van der Waals surface area contributed by atoms with Crippen LogP contribution in [0.2, 0.25) is 0 Å². The second-order valence-corrected chi connectivity index (χ2v) is 8.13. The Balaban J connectivity index is 2.21. The van der Waals surface area contributed by atoms with Crippen LogP contribution in [0, 0.1) is 5.92 Å². The first-order valence-electron chi connectivity index (χ1n) is 8.21. The van der Waals surface area contributed by atoms with Gasteiger partial charge in [-0.1, -0.05) is 0 Å². The van der Waals surface area contributed by atoms with Crippen LogP contribution >= 0.6 is 0 Å². The lowest BCUT2D eigenvalue weighted by Gasteiger charge is -2.41. The van der Waals surface area contributed by atoms with Crippen molar-refractivity contribution < 1.29 is 4.74 Å². The molecule has 2 aliphatic rings. The van der Waals surface area contributed by atoms with Gasteiger partial charge in [0, 0.05) is 24.5 Å². The van der Waals surface area contributed by atoms with E-state index in [4.69, 9.17) is 10.6 Å². The molecule has 0 aromatic carbocycles. The molecule has 0 saturated carbocycles. The Bertz CT molecular complexity index is 358. The zero-order chi connectivity index (χ0) is 15.8. The van der Waals surface area contributed by atoms with Crippen LogP contribution in [0.3, 0.4) is 0 Å². The number of hydrogen-bond acceptors (Lipinski definition) is 5. The SMILES string of the molecule is CN1CCCN(C)C(C(NN)C2CC(C)(C)OC2(C)C)C1. The summed E-state index contributed by atoms with van der Waals surface area (Å²) in [4.78, 5) is 4.89. The van der Waals surface area contributed by atoms with E-state index in [1.54, 1.807) is 0 Å². The molecule has 0 spiro atoms. The van der Waals surface area contributed by atoms with Crippen molar-refractivity contribution in [1.82, 2.24) is 15.2 Å². The largest absolute Gasteiger partial charge is 0.369 e. The highest BCUT2D eigenvalue weighted by Crippen LogP contribution is 2.44. The molecule has 3 unspecified atom stereocenters. The molecule has 2 rings (SSSR count). The van der Waals surface area contributed by atoms with Gasteiger partial charge in [0.15, 0.2) is 0 Å². The zero-order valence-corrected chi connectivity index (χ0v) is 14.6. The molecule has 124 valence electrons. The number of ether oxygens (including phenoxy) is 1. The molecule has 0 aromatic heterocycles. The lowest BCUT2D eigenvalue weighted by molar-refractivity contribution is -0.0805. The average Bonchev–Trinajstić information content (AvgIpc) is 2.45. The molecule has 0 amide bonds. The fourth-order valence-electron chi connectivity index (χ4n) is 4.35. The van der Waals surface area contributed by atoms with Crippen LogP contribution in [-0.4, -0.2) is 66.8 Å². The molecule has 0 aliphatic carbocycles. The fraction of sp³-hybridized carbons (Fsp3) is 1.00. The van der Waals surface area contributed by atoms with E-state index in [1.165, 1.54) is 6.42 Å². The molecule has 3 atom stereocenters. The minimum atomic E-state index is -0.147. The summed E-state index contributed by atoms with van der Waals surface area (Å²) in [5, 5.41) is 0. The van der Waals surface area contributed by atoms with Gasteiger partial charge in [0.25, 0.3) is 0 Å². The Hall–Kier alpha value is -0.200. The molecule has 3 N–H and O–H groups in total. The third kappa shape index (κ3) is 3.77. The lowest BCUT2D eigenvalue weighted by Crippen LogP contribution is -2.60. The van der Waals surface area contributed by atoms with E-state index in [-0.39, 0.29) is 17.2 Å². The lowest BCUT2D eigenvalue weighted by atomic mass is 9.78. The minimum Gasteiger partial charge on any atom is -0.369 e. The van der Waals surface area contributed by atoms with E-state index in [2.05, 4.69) is 57.0 Å². The van der Waals surface area contributed by atoms with E-state index in [0.717, 1.165) is 26.1 Å². The molecule has 2 saturated heterocycles. The number of nitrogens with two attached hydrogens (primary N) is 1. The summed E-state index contributed by atoms with van der Waals surface area (Å²) in [5.74, 6) is 6.41. The Morgan fingerprint density at radius 2 is 1.86 bits per heavy atom. The van der Waals surface area contributed by atoms with Gasteiger partial charge in [-0.25, -0.2) is 0 Å². The van der Waals surface area contributed by atoms with E-state index in [0.29, 0.717) is 12.0 Å². The highest BCUT2D eigenvalue weighted by Gasteiger charge is 2.51. The molecule has 2 fully saturated rings. The topological polar surface area (TPSA) is 53.8 Å². The Labute approximate surface area is 130 Å². The second-order valence-electron chi connectivity index (χ2n) is 8.13. The Morgan fingerprint density at radius 1 is 1.19 bits per heavy atom. The standard InChI is InChI=1S/C16H34N4O/c1-15(2)10-12(16(3,4)21-15)14(18-17)13-11-19(5)8-7-9-20(13)6/h12-14,18H,7-11,17H2,1-6H3. The first-order valence-corrected chi connectivity index (χ1v) is 8.21. The van der Waals surface area contributed by atoms with Gasteiger partial charge in [-0.15, -0.1) is 0 Å². The maximum absolute atomic E-state index is 6.29. The summed E-state index contributed by atoms with van der Waals surface area (Å²) in [6, 6.07) is 0.664. The summed E-state index contributed by atoms with van der Waals surface area (Å²) in [5.41, 5.74) is 2.92. The molecular weight excluding hydrogens is 264 g/mol. The van der Waals surface area contributed by atoms with Crippen molar-refractivity contribution in [3.8, 4) is 0 Å². The molecular formula is C16H34N4O. The van der Waals surface area contributed by atoms with Crippen LogP contribution in [0.4, 0.5) is 0 Å². The number of nitrogens with one attached hydrogen (secondary N) is 1. The summed E-state index contributed by atoms with van der Waals surface area (Å²) < 4.78 is 6.29. The van der Waals surface area contributed by atoms with E-state index >= 15 is 0 Å². The quantitative estimate of drug-likeness (QED) is 0.602. The fourth-order valence-corrected chi connectivity index (χ4v) is 4.35. The number of likely N-dealkylation sites (N-methyl/N-ethyl adjacent to an activating group) is 2. The van der Waals surface area contributed by atoms with Crippen molar-refractivity contribution >= 4 is 0 Å². The van der Waals surface area contributed by atoms with E-state index < -0.39 is 0 Å². The number of rotatable bonds is 3. The van der Waals surface area contributed by atoms with E-state index in [1.807, 2.05) is 0 Å². The van der Waals surface area contributed by atoms with Crippen molar-refractivity contribution in [2.24, 2.45) is 11.8 Å². The number of hydrazine groups is 1. The van der Waals surface area contributed by atoms with Gasteiger partial charge in [0.1, 0.15) is 0 Å². The molecule has 2 aliphatic heterocycles. The summed E-state index contributed by atoms with van der Waals surface area (Å²) in [7, 11) is 4.43. The molecule has 0 radical (unpaired) electrons. The van der Waals surface area contributed by atoms with Crippen molar-refractivity contribution in [1.29, 1.82) is 0 Å². The first-order chi connectivity index (χ1) is 9.66. The van der Waals surface area contributed by atoms with Gasteiger partial charge in [-0.05, 0) is 67.7 Å². The van der Waals surface area contributed by atoms with E-state index in [9.17, 15) is 0 Å². The molecule has 2 heterocycles. The molecule has 5 heteroatoms. The predicted octanol–water partition coefficient (Wildman–Crippen LogP) is 1.05. The van der Waals surface area contributed by atoms with Crippen LogP contribution in [0.5, 0.6) is 0 Å². The van der Waals surface area contributed by atoms with Gasteiger partial charge >= 0.3 is 0 Å². The van der Waals surface area contributed by atoms with Crippen LogP contribution in [-0.2, 0) is 4.74 Å². The first kappa shape index (κ1) is 17.2. The smallest absolute Gasteiger partial charge is 0.0678 e. The molecule has 21 heavy (non-hydrogen) atoms. The Morgan fingerprint density at radius 3 is 2.38 bits per heavy atom. The average molecular weight is 298 g/mol. The van der Waals surface area contributed by atoms with Gasteiger partial charge < -0.3 is 14.5 Å². The monoisotopic (exact) mass is 298 g/mol. The van der Waals surface area contributed by atoms with Crippen LogP contribution in [0.15, 0.2) is 0 Å². The maximum Gasteiger partial charge on any atom is 0.0678 e. The van der Waals surface area contributed by atoms with Gasteiger partial charge in [-0.2, -0.15) is 0 Å². The molecule has 0 bridgehead atoms. The summed E-state index contributed by atoms with van der Waals surface area (Å²) >= 11 is 0. The second kappa shape index (κ2) is 6.13. The predicted molar refractivity (Wildman–Crippen MR) is 87.0 cm³/mol. The van der Waals surface area contributed by atoms with Crippen molar-refractivity contribution in [2.45, 2.75) is 63.8 Å². The van der Waals surface area contributed by atoms with Gasteiger partial charge in [0.05, 0.1) is 11.2 Å². The third-order valence-electron chi connectivity index (χ3n) is 5.30.